The van der Waals surface area contributed by atoms with Crippen molar-refractivity contribution in [1.29, 1.82) is 0 Å². The summed E-state index contributed by atoms with van der Waals surface area (Å²) >= 11 is 0. The summed E-state index contributed by atoms with van der Waals surface area (Å²) in [4.78, 5) is 23.4. The third-order valence-electron chi connectivity index (χ3n) is 5.34. The fourth-order valence-corrected chi connectivity index (χ4v) is 3.80. The average Bonchev–Trinajstić information content (AvgIpc) is 2.82. The van der Waals surface area contributed by atoms with Gasteiger partial charge < -0.3 is 24.8 Å². The normalized spacial score (nSPS) is 15.7. The highest BCUT2D eigenvalue weighted by Gasteiger charge is 2.24. The number of nitrogens with one attached hydrogen (secondary N) is 1. The Hall–Kier alpha value is -3.81. The minimum atomic E-state index is -0.195. The Morgan fingerprint density at radius 1 is 1.15 bits per heavy atom. The Labute approximate surface area is 193 Å². The van der Waals surface area contributed by atoms with Gasteiger partial charge in [-0.25, -0.2) is 4.98 Å². The van der Waals surface area contributed by atoms with Gasteiger partial charge in [-0.1, -0.05) is 24.3 Å². The van der Waals surface area contributed by atoms with Crippen molar-refractivity contribution in [1.82, 2.24) is 9.97 Å². The molecule has 1 unspecified atom stereocenters. The minimum Gasteiger partial charge on any atom is -0.508 e. The maximum atomic E-state index is 12.4. The second kappa shape index (κ2) is 10.7. The van der Waals surface area contributed by atoms with E-state index in [-0.39, 0.29) is 24.2 Å². The lowest BCUT2D eigenvalue weighted by Gasteiger charge is -2.33. The first-order chi connectivity index (χ1) is 16.1. The smallest absolute Gasteiger partial charge is 0.229 e. The van der Waals surface area contributed by atoms with Crippen molar-refractivity contribution in [2.24, 2.45) is 0 Å². The van der Waals surface area contributed by atoms with E-state index in [1.807, 2.05) is 31.2 Å². The second-order valence-corrected chi connectivity index (χ2v) is 7.86. The van der Waals surface area contributed by atoms with Gasteiger partial charge in [0.1, 0.15) is 17.7 Å². The van der Waals surface area contributed by atoms with E-state index >= 15 is 0 Å². The molecule has 1 aromatic heterocycles. The van der Waals surface area contributed by atoms with Gasteiger partial charge in [-0.2, -0.15) is 0 Å². The number of ether oxygens (including phenoxy) is 2. The first-order valence-electron chi connectivity index (χ1n) is 11.1. The highest BCUT2D eigenvalue weighted by Crippen LogP contribution is 2.30. The zero-order valence-electron chi connectivity index (χ0n) is 18.6. The van der Waals surface area contributed by atoms with E-state index in [1.165, 1.54) is 6.20 Å². The molecule has 2 N–H and O–H groups in total. The van der Waals surface area contributed by atoms with Crippen molar-refractivity contribution in [2.75, 3.05) is 29.9 Å². The van der Waals surface area contributed by atoms with Gasteiger partial charge in [-0.3, -0.25) is 9.78 Å². The third kappa shape index (κ3) is 6.12. The Bertz CT molecular complexity index is 1070. The van der Waals surface area contributed by atoms with Crippen LogP contribution < -0.4 is 19.7 Å². The number of aromatic nitrogens is 2. The molecule has 0 radical (unpaired) electrons. The number of amides is 1. The molecule has 1 amide bonds. The summed E-state index contributed by atoms with van der Waals surface area (Å²) in [5.74, 6) is 2.56. The van der Waals surface area contributed by atoms with Crippen LogP contribution in [0, 0.1) is 0 Å². The zero-order valence-corrected chi connectivity index (χ0v) is 18.6. The molecule has 1 fully saturated rings. The number of carbonyl (C=O) groups excluding carboxylic acids is 1. The van der Waals surface area contributed by atoms with Gasteiger partial charge in [0, 0.05) is 6.54 Å². The van der Waals surface area contributed by atoms with E-state index in [4.69, 9.17) is 9.47 Å². The number of nitrogens with zero attached hydrogens (tertiary/aromatic N) is 3. The van der Waals surface area contributed by atoms with E-state index in [0.29, 0.717) is 24.8 Å². The highest BCUT2D eigenvalue weighted by molar-refractivity contribution is 5.91. The number of benzene rings is 2. The lowest BCUT2D eigenvalue weighted by atomic mass is 10.1. The number of para-hydroxylation sites is 2. The van der Waals surface area contributed by atoms with Gasteiger partial charge in [0.2, 0.25) is 5.91 Å². The molecule has 1 saturated heterocycles. The van der Waals surface area contributed by atoms with Crippen LogP contribution in [-0.4, -0.2) is 46.8 Å². The summed E-state index contributed by atoms with van der Waals surface area (Å²) in [5, 5.41) is 12.2. The van der Waals surface area contributed by atoms with Crippen LogP contribution in [0.3, 0.4) is 0 Å². The number of rotatable bonds is 8. The molecule has 1 aliphatic heterocycles. The largest absolute Gasteiger partial charge is 0.508 e. The van der Waals surface area contributed by atoms with Gasteiger partial charge in [0.05, 0.1) is 32.0 Å². The molecule has 172 valence electrons. The maximum Gasteiger partial charge on any atom is 0.229 e. The number of aromatic hydroxyl groups is 1. The molecule has 2 heterocycles. The molecule has 1 atom stereocenters. The van der Waals surface area contributed by atoms with Crippen LogP contribution in [0.15, 0.2) is 60.9 Å². The number of carbonyl (C=O) groups is 1. The number of anilines is 2. The number of hydrogen-bond acceptors (Lipinski definition) is 7. The predicted octanol–water partition coefficient (Wildman–Crippen LogP) is 3.81. The van der Waals surface area contributed by atoms with Crippen LogP contribution in [0.2, 0.25) is 0 Å². The van der Waals surface area contributed by atoms with Crippen molar-refractivity contribution in [3.05, 3.63) is 66.5 Å². The molecule has 0 bridgehead atoms. The predicted molar refractivity (Wildman–Crippen MR) is 126 cm³/mol. The maximum absolute atomic E-state index is 12.4. The molecule has 0 aliphatic carbocycles. The van der Waals surface area contributed by atoms with E-state index in [0.717, 1.165) is 36.4 Å². The molecule has 0 saturated carbocycles. The van der Waals surface area contributed by atoms with Gasteiger partial charge in [-0.15, -0.1) is 0 Å². The lowest BCUT2D eigenvalue weighted by molar-refractivity contribution is -0.115. The summed E-state index contributed by atoms with van der Waals surface area (Å²) in [6.07, 6.45) is 5.31. The fourth-order valence-electron chi connectivity index (χ4n) is 3.80. The molecule has 1 aliphatic rings. The van der Waals surface area contributed by atoms with Crippen LogP contribution >= 0.6 is 0 Å². The average molecular weight is 449 g/mol. The van der Waals surface area contributed by atoms with Gasteiger partial charge in [0.25, 0.3) is 0 Å². The number of hydrogen-bond donors (Lipinski definition) is 2. The third-order valence-corrected chi connectivity index (χ3v) is 5.34. The summed E-state index contributed by atoms with van der Waals surface area (Å²) in [6.45, 7) is 4.04. The first-order valence-corrected chi connectivity index (χ1v) is 11.1. The molecule has 3 aromatic rings. The molecule has 4 rings (SSSR count). The van der Waals surface area contributed by atoms with E-state index in [2.05, 4.69) is 20.2 Å². The molecule has 33 heavy (non-hydrogen) atoms. The van der Waals surface area contributed by atoms with Crippen molar-refractivity contribution in [3.63, 3.8) is 0 Å². The molecule has 0 spiro atoms. The van der Waals surface area contributed by atoms with Crippen LogP contribution in [0.25, 0.3) is 0 Å². The monoisotopic (exact) mass is 448 g/mol. The van der Waals surface area contributed by atoms with E-state index < -0.39 is 0 Å². The van der Waals surface area contributed by atoms with E-state index in [1.54, 1.807) is 30.5 Å². The SMILES string of the molecule is CCOc1ccccc1OC1CCCN(c2cncc(NC(=O)Cc3ccc(O)cc3)n2)C1. The van der Waals surface area contributed by atoms with Crippen LogP contribution in [-0.2, 0) is 11.2 Å². The van der Waals surface area contributed by atoms with Gasteiger partial charge in [-0.05, 0) is 49.6 Å². The zero-order chi connectivity index (χ0) is 23.0. The summed E-state index contributed by atoms with van der Waals surface area (Å²) < 4.78 is 11.9. The van der Waals surface area contributed by atoms with Crippen molar-refractivity contribution < 1.29 is 19.4 Å². The Kier molecular flexibility index (Phi) is 7.24. The lowest BCUT2D eigenvalue weighted by Crippen LogP contribution is -2.41. The molecule has 8 nitrogen and oxygen atoms in total. The van der Waals surface area contributed by atoms with Crippen molar-refractivity contribution in [3.8, 4) is 17.2 Å². The number of phenols is 1. The van der Waals surface area contributed by atoms with Crippen molar-refractivity contribution >= 4 is 17.5 Å². The standard InChI is InChI=1S/C25H28N4O4/c1-2-32-21-7-3-4-8-22(21)33-20-6-5-13-29(17-20)24-16-26-15-23(27-24)28-25(31)14-18-9-11-19(30)12-10-18/h3-4,7-12,15-16,20,30H,2,5-6,13-14,17H2,1H3,(H,27,28,31). The fraction of sp³-hybridized carbons (Fsp3) is 0.320. The van der Waals surface area contributed by atoms with Crippen LogP contribution in [0.1, 0.15) is 25.3 Å². The topological polar surface area (TPSA) is 96.8 Å². The summed E-state index contributed by atoms with van der Waals surface area (Å²) in [5.41, 5.74) is 0.803. The van der Waals surface area contributed by atoms with Crippen molar-refractivity contribution in [2.45, 2.75) is 32.3 Å². The Morgan fingerprint density at radius 2 is 1.94 bits per heavy atom. The molecular weight excluding hydrogens is 420 g/mol. The Balaban J connectivity index is 1.38. The Morgan fingerprint density at radius 3 is 2.73 bits per heavy atom. The number of phenolic OH excluding ortho intramolecular Hbond substituents is 1. The molecular formula is C25H28N4O4. The minimum absolute atomic E-state index is 0.00472. The van der Waals surface area contributed by atoms with Crippen LogP contribution in [0.5, 0.6) is 17.2 Å². The molecule has 2 aromatic carbocycles. The van der Waals surface area contributed by atoms with Crippen LogP contribution in [0.4, 0.5) is 11.6 Å². The number of piperidine rings is 1. The molecule has 8 heteroatoms. The highest BCUT2D eigenvalue weighted by atomic mass is 16.5. The van der Waals surface area contributed by atoms with Gasteiger partial charge >= 0.3 is 0 Å². The quantitative estimate of drug-likeness (QED) is 0.541. The first kappa shape index (κ1) is 22.4. The summed E-state index contributed by atoms with van der Waals surface area (Å²) in [6, 6.07) is 14.3. The summed E-state index contributed by atoms with van der Waals surface area (Å²) in [7, 11) is 0. The van der Waals surface area contributed by atoms with Gasteiger partial charge in [0.15, 0.2) is 17.3 Å². The second-order valence-electron chi connectivity index (χ2n) is 7.86. The van der Waals surface area contributed by atoms with E-state index in [9.17, 15) is 9.90 Å².